The average Bonchev–Trinajstić information content (AvgIpc) is 3.05. The first-order valence-corrected chi connectivity index (χ1v) is 18.8. The van der Waals surface area contributed by atoms with Crippen LogP contribution in [0.2, 0.25) is 0 Å². The van der Waals surface area contributed by atoms with Crippen LogP contribution in [0.15, 0.2) is 61.2 Å². The number of carbonyl (C=O) groups is 7. The maximum absolute atomic E-state index is 9.91. The number of carbonyl (C=O) groups excluding carboxylic acids is 7. The SMILES string of the molecule is CC(C)(C)C(=O)[O-].CC(C)(C)C(=O)[O-].CC(C)(C)C(=O)[O-].CC(C)(C)C(=O)[O-].CC(C)(C)C(=O)[O-].CC(C)(C)C(=O)[O-].CC(C)(C)C(=O)[O-].[Sm+3].[Zn+2].[Zn+2].c1ccncc1.c1ccncc1. The molecule has 2 aromatic rings. The Kier molecular flexibility index (Phi) is 53.5. The number of hydrogen-bond donors (Lipinski definition) is 0. The number of carboxylic acids is 7. The van der Waals surface area contributed by atoms with Crippen LogP contribution in [-0.2, 0) is 72.5 Å². The molecule has 0 atom stereocenters. The van der Waals surface area contributed by atoms with E-state index in [1.807, 2.05) is 36.4 Å². The number of carboxylic acid groups (broad SMARTS) is 7. The molecule has 2 rings (SSSR count). The van der Waals surface area contributed by atoms with Crippen LogP contribution in [0, 0.1) is 78.3 Å². The summed E-state index contributed by atoms with van der Waals surface area (Å²) in [6.07, 6.45) is 7.00. The van der Waals surface area contributed by atoms with Gasteiger partial charge in [0.15, 0.2) is 0 Å². The third-order valence-corrected chi connectivity index (χ3v) is 5.42. The molecule has 19 heteroatoms. The monoisotopic (exact) mass is 1150 g/mol. The molecular formula is C45H73N2O14SmZn2. The maximum atomic E-state index is 9.91. The Morgan fingerprint density at radius 1 is 0.266 bits per heavy atom. The molecule has 0 saturated carbocycles. The Labute approximate surface area is 441 Å². The van der Waals surface area contributed by atoms with E-state index in [1.165, 1.54) is 0 Å². The minimum Gasteiger partial charge on any atom is -0.550 e. The summed E-state index contributed by atoms with van der Waals surface area (Å²) < 4.78 is 0. The molecule has 64 heavy (non-hydrogen) atoms. The van der Waals surface area contributed by atoms with E-state index in [4.69, 9.17) is 0 Å². The van der Waals surface area contributed by atoms with Gasteiger partial charge in [0.1, 0.15) is 0 Å². The summed E-state index contributed by atoms with van der Waals surface area (Å²) in [6.45, 7) is 33.6. The summed E-state index contributed by atoms with van der Waals surface area (Å²) in [5.74, 6) is -7.05. The molecule has 1 radical (unpaired) electrons. The van der Waals surface area contributed by atoms with Gasteiger partial charge in [-0.1, -0.05) is 158 Å². The molecule has 0 aliphatic rings. The maximum Gasteiger partial charge on any atom is 3.00 e. The van der Waals surface area contributed by atoms with Gasteiger partial charge in [0, 0.05) is 104 Å². The van der Waals surface area contributed by atoms with Gasteiger partial charge in [-0.2, -0.15) is 0 Å². The zero-order chi connectivity index (χ0) is 51.0. The molecule has 16 nitrogen and oxygen atoms in total. The number of rotatable bonds is 0. The number of aromatic nitrogens is 2. The number of aliphatic carboxylic acids is 7. The largest absolute Gasteiger partial charge is 3.00 e. The number of nitrogens with zero attached hydrogens (tertiary/aromatic N) is 2. The van der Waals surface area contributed by atoms with Crippen molar-refractivity contribution in [3.8, 4) is 0 Å². The van der Waals surface area contributed by atoms with Crippen molar-refractivity contribution in [3.63, 3.8) is 0 Å². The predicted octanol–water partition coefficient (Wildman–Crippen LogP) is 0.635. The van der Waals surface area contributed by atoms with Crippen molar-refractivity contribution in [2.24, 2.45) is 37.9 Å². The zero-order valence-electron chi connectivity index (χ0n) is 42.2. The van der Waals surface area contributed by atoms with Crippen LogP contribution in [0.1, 0.15) is 145 Å². The molecule has 0 unspecified atom stereocenters. The van der Waals surface area contributed by atoms with Crippen molar-refractivity contribution in [2.75, 3.05) is 0 Å². The van der Waals surface area contributed by atoms with E-state index in [0.717, 1.165) is 0 Å². The molecule has 0 saturated heterocycles. The van der Waals surface area contributed by atoms with Gasteiger partial charge in [0.25, 0.3) is 0 Å². The van der Waals surface area contributed by atoms with E-state index in [9.17, 15) is 69.3 Å². The van der Waals surface area contributed by atoms with Gasteiger partial charge in [-0.05, 0) is 24.3 Å². The van der Waals surface area contributed by atoms with Crippen molar-refractivity contribution in [1.29, 1.82) is 0 Å². The summed E-state index contributed by atoms with van der Waals surface area (Å²) in [6, 6.07) is 11.4. The Morgan fingerprint density at radius 3 is 0.359 bits per heavy atom. The topological polar surface area (TPSA) is 307 Å². The fourth-order valence-electron chi connectivity index (χ4n) is 0.625. The molecule has 2 aromatic heterocycles. The van der Waals surface area contributed by atoms with Crippen LogP contribution in [0.25, 0.3) is 0 Å². The molecule has 0 aromatic carbocycles. The van der Waals surface area contributed by atoms with E-state index >= 15 is 0 Å². The molecule has 2 heterocycles. The molecule has 0 bridgehead atoms. The minimum atomic E-state index is -1.01. The van der Waals surface area contributed by atoms with Crippen LogP contribution in [0.5, 0.6) is 0 Å². The first kappa shape index (κ1) is 84.6. The van der Waals surface area contributed by atoms with Gasteiger partial charge in [0.2, 0.25) is 0 Å². The zero-order valence-corrected chi connectivity index (χ0v) is 50.8. The average molecular weight is 1150 g/mol. The second-order valence-corrected chi connectivity index (χ2v) is 19.8. The van der Waals surface area contributed by atoms with E-state index in [-0.39, 0.29) is 79.3 Å². The standard InChI is InChI=1S/2C5H5N.7C5H10O2.Sm.2Zn/c2*1-2-4-6-5-3-1;7*1-5(2,3)4(6)7;;;/h2*1-5H;7*1-3H3,(H,6,7);;;/q;;;;;;;;;+3;2*+2/p-7. The Balaban J connectivity index is -0.0000000637. The van der Waals surface area contributed by atoms with Crippen LogP contribution in [0.4, 0.5) is 0 Å². The molecule has 0 aliphatic carbocycles. The van der Waals surface area contributed by atoms with Crippen molar-refractivity contribution >= 4 is 41.8 Å². The third kappa shape index (κ3) is 76.5. The second-order valence-electron chi connectivity index (χ2n) is 19.8. The quantitative estimate of drug-likeness (QED) is 0.327. The van der Waals surface area contributed by atoms with Crippen molar-refractivity contribution in [2.45, 2.75) is 145 Å². The van der Waals surface area contributed by atoms with Gasteiger partial charge in [-0.15, -0.1) is 0 Å². The third-order valence-electron chi connectivity index (χ3n) is 5.42. The molecule has 0 spiro atoms. The van der Waals surface area contributed by atoms with Crippen LogP contribution >= 0.6 is 0 Å². The van der Waals surface area contributed by atoms with Crippen molar-refractivity contribution in [1.82, 2.24) is 9.97 Å². The second kappa shape index (κ2) is 40.4. The Hall–Kier alpha value is -2.83. The molecule has 357 valence electrons. The van der Waals surface area contributed by atoms with E-state index in [1.54, 1.807) is 170 Å². The Morgan fingerprint density at radius 2 is 0.344 bits per heavy atom. The van der Waals surface area contributed by atoms with Crippen LogP contribution < -0.4 is 35.7 Å². The van der Waals surface area contributed by atoms with E-state index < -0.39 is 79.7 Å². The van der Waals surface area contributed by atoms with Crippen LogP contribution in [0.3, 0.4) is 0 Å². The van der Waals surface area contributed by atoms with Crippen molar-refractivity contribution in [3.05, 3.63) is 61.2 Å². The van der Waals surface area contributed by atoms with E-state index in [0.29, 0.717) is 0 Å². The fourth-order valence-corrected chi connectivity index (χ4v) is 0.625. The summed E-state index contributed by atoms with van der Waals surface area (Å²) in [7, 11) is 0. The number of pyridine rings is 2. The number of hydrogen-bond acceptors (Lipinski definition) is 16. The molecule has 0 fully saturated rings. The Bertz CT molecular complexity index is 1190. The fraction of sp³-hybridized carbons (Fsp3) is 0.622. The van der Waals surface area contributed by atoms with E-state index in [2.05, 4.69) is 9.97 Å². The summed E-state index contributed by atoms with van der Waals surface area (Å²) >= 11 is 0. The summed E-state index contributed by atoms with van der Waals surface area (Å²) in [5.41, 5.74) is -4.86. The van der Waals surface area contributed by atoms with Crippen molar-refractivity contribution < 1.29 is 149 Å². The van der Waals surface area contributed by atoms with Gasteiger partial charge in [-0.3, -0.25) is 9.97 Å². The van der Waals surface area contributed by atoms with Gasteiger partial charge >= 0.3 is 79.3 Å². The van der Waals surface area contributed by atoms with Gasteiger partial charge in [-0.25, -0.2) is 0 Å². The smallest absolute Gasteiger partial charge is 0.550 e. The molecule has 0 aliphatic heterocycles. The first-order chi connectivity index (χ1) is 26.6. The van der Waals surface area contributed by atoms with Crippen LogP contribution in [-0.4, -0.2) is 51.8 Å². The summed E-state index contributed by atoms with van der Waals surface area (Å²) in [5, 5.41) is 69.4. The van der Waals surface area contributed by atoms with Gasteiger partial charge < -0.3 is 69.3 Å². The molecule has 0 amide bonds. The first-order valence-electron chi connectivity index (χ1n) is 18.8. The van der Waals surface area contributed by atoms with Gasteiger partial charge in [0.05, 0.1) is 0 Å². The predicted molar refractivity (Wildman–Crippen MR) is 220 cm³/mol. The normalized spacial score (nSPS) is 10.1. The summed E-state index contributed by atoms with van der Waals surface area (Å²) in [4.78, 5) is 76.9. The molecular weight excluding hydrogens is 1070 g/mol. The molecule has 0 N–H and O–H groups in total. The minimum absolute atomic E-state index is 0.